The molecule has 0 bridgehead atoms. The molecule has 0 aliphatic carbocycles. The third-order valence-electron chi connectivity index (χ3n) is 2.33. The number of Topliss-reactive ketones (excluding diaryl/α,β-unsaturated/α-hetero) is 1. The van der Waals surface area contributed by atoms with Crippen LogP contribution in [0, 0.1) is 0 Å². The molecule has 0 N–H and O–H groups in total. The van der Waals surface area contributed by atoms with Crippen LogP contribution in [0.3, 0.4) is 0 Å². The van der Waals surface area contributed by atoms with Crippen molar-refractivity contribution in [2.75, 3.05) is 20.1 Å². The number of amides is 3. The summed E-state index contributed by atoms with van der Waals surface area (Å²) in [7, 11) is 1.54. The molecule has 3 amide bonds. The van der Waals surface area contributed by atoms with E-state index in [1.165, 1.54) is 23.3 Å². The zero-order valence-electron chi connectivity index (χ0n) is 8.67. The fraction of sp³-hybridized carbons (Fsp3) is 0.300. The normalized spacial score (nSPS) is 16.1. The van der Waals surface area contributed by atoms with Crippen molar-refractivity contribution in [1.82, 2.24) is 9.80 Å². The molecule has 1 saturated heterocycles. The van der Waals surface area contributed by atoms with Crippen LogP contribution < -0.4 is 0 Å². The van der Waals surface area contributed by atoms with Gasteiger partial charge in [-0.3, -0.25) is 14.5 Å². The van der Waals surface area contributed by atoms with Gasteiger partial charge in [0.25, 0.3) is 5.91 Å². The van der Waals surface area contributed by atoms with Crippen molar-refractivity contribution in [3.8, 4) is 0 Å². The first-order valence-corrected chi connectivity index (χ1v) is 5.59. The predicted molar refractivity (Wildman–Crippen MR) is 58.4 cm³/mol. The highest BCUT2D eigenvalue weighted by Crippen LogP contribution is 2.13. The van der Waals surface area contributed by atoms with Gasteiger partial charge in [0, 0.05) is 7.05 Å². The smallest absolute Gasteiger partial charge is 0.318 e. The van der Waals surface area contributed by atoms with Crippen molar-refractivity contribution in [1.29, 1.82) is 0 Å². The second-order valence-electron chi connectivity index (χ2n) is 3.52. The van der Waals surface area contributed by atoms with Gasteiger partial charge in [0.15, 0.2) is 5.78 Å². The van der Waals surface area contributed by atoms with E-state index in [-0.39, 0.29) is 24.8 Å². The first-order chi connectivity index (χ1) is 7.59. The van der Waals surface area contributed by atoms with Crippen molar-refractivity contribution >= 4 is 29.1 Å². The second kappa shape index (κ2) is 4.05. The lowest BCUT2D eigenvalue weighted by molar-refractivity contribution is -0.125. The summed E-state index contributed by atoms with van der Waals surface area (Å²) < 4.78 is 0. The van der Waals surface area contributed by atoms with E-state index in [0.717, 1.165) is 4.90 Å². The summed E-state index contributed by atoms with van der Waals surface area (Å²) in [4.78, 5) is 37.5. The summed E-state index contributed by atoms with van der Waals surface area (Å²) in [6.07, 6.45) is 0. The molecule has 0 spiro atoms. The Bertz CT molecular complexity index is 441. The Kier molecular flexibility index (Phi) is 2.74. The quantitative estimate of drug-likeness (QED) is 0.578. The van der Waals surface area contributed by atoms with Crippen molar-refractivity contribution in [2.24, 2.45) is 0 Å². The van der Waals surface area contributed by atoms with Crippen LogP contribution >= 0.6 is 11.3 Å². The number of urea groups is 1. The molecular formula is C10H10N2O3S. The molecule has 2 heterocycles. The van der Waals surface area contributed by atoms with Crippen LogP contribution in [0.25, 0.3) is 0 Å². The fourth-order valence-corrected chi connectivity index (χ4v) is 2.14. The van der Waals surface area contributed by atoms with Gasteiger partial charge in [0.1, 0.15) is 6.54 Å². The molecule has 1 aromatic heterocycles. The lowest BCUT2D eigenvalue weighted by Crippen LogP contribution is -2.35. The minimum absolute atomic E-state index is 0.0521. The molecule has 1 fully saturated rings. The Morgan fingerprint density at radius 3 is 2.75 bits per heavy atom. The SMILES string of the molecule is CN1CC(=O)N(CC(=O)c2cccs2)C1=O. The minimum atomic E-state index is -0.407. The molecule has 2 rings (SSSR count). The molecule has 1 aliphatic rings. The van der Waals surface area contributed by atoms with E-state index in [1.807, 2.05) is 0 Å². The van der Waals surface area contributed by atoms with Gasteiger partial charge in [0.05, 0.1) is 11.4 Å². The molecule has 0 saturated carbocycles. The summed E-state index contributed by atoms with van der Waals surface area (Å²) in [6, 6.07) is 3.04. The van der Waals surface area contributed by atoms with E-state index in [0.29, 0.717) is 4.88 Å². The highest BCUT2D eigenvalue weighted by molar-refractivity contribution is 7.12. The van der Waals surface area contributed by atoms with Crippen molar-refractivity contribution < 1.29 is 14.4 Å². The molecule has 0 aromatic carbocycles. The monoisotopic (exact) mass is 238 g/mol. The first-order valence-electron chi connectivity index (χ1n) is 4.72. The maximum Gasteiger partial charge on any atom is 0.327 e. The van der Waals surface area contributed by atoms with Crippen molar-refractivity contribution in [3.63, 3.8) is 0 Å². The first kappa shape index (κ1) is 10.8. The largest absolute Gasteiger partial charge is 0.327 e. The van der Waals surface area contributed by atoms with E-state index in [2.05, 4.69) is 0 Å². The Hall–Kier alpha value is -1.69. The number of carbonyl (C=O) groups is 3. The van der Waals surface area contributed by atoms with Crippen LogP contribution in [0.5, 0.6) is 0 Å². The zero-order valence-corrected chi connectivity index (χ0v) is 9.49. The molecular weight excluding hydrogens is 228 g/mol. The van der Waals surface area contributed by atoms with Crippen LogP contribution in [-0.4, -0.2) is 47.7 Å². The number of imide groups is 1. The van der Waals surface area contributed by atoms with Crippen LogP contribution in [0.1, 0.15) is 9.67 Å². The summed E-state index contributed by atoms with van der Waals surface area (Å²) in [5.74, 6) is -0.524. The number of likely N-dealkylation sites (N-methyl/N-ethyl adjacent to an activating group) is 1. The zero-order chi connectivity index (χ0) is 11.7. The molecule has 0 unspecified atom stereocenters. The lowest BCUT2D eigenvalue weighted by Gasteiger charge is -2.12. The summed E-state index contributed by atoms with van der Waals surface area (Å²) >= 11 is 1.31. The van der Waals surface area contributed by atoms with Gasteiger partial charge >= 0.3 is 6.03 Å². The Balaban J connectivity index is 2.08. The predicted octanol–water partition coefficient (Wildman–Crippen LogP) is 0.825. The maximum absolute atomic E-state index is 11.7. The van der Waals surface area contributed by atoms with Gasteiger partial charge in [0.2, 0.25) is 0 Å². The number of ketones is 1. The number of hydrogen-bond donors (Lipinski definition) is 0. The molecule has 1 aromatic rings. The maximum atomic E-state index is 11.7. The van der Waals surface area contributed by atoms with E-state index >= 15 is 0 Å². The second-order valence-corrected chi connectivity index (χ2v) is 4.47. The number of thiophene rings is 1. The topological polar surface area (TPSA) is 57.7 Å². The number of rotatable bonds is 3. The summed E-state index contributed by atoms with van der Waals surface area (Å²) in [5, 5.41) is 1.78. The molecule has 0 atom stereocenters. The average Bonchev–Trinajstić information content (AvgIpc) is 2.83. The van der Waals surface area contributed by atoms with Gasteiger partial charge in [-0.1, -0.05) is 6.07 Å². The third-order valence-corrected chi connectivity index (χ3v) is 3.24. The molecule has 1 aliphatic heterocycles. The standard InChI is InChI=1S/C10H10N2O3S/c1-11-6-9(14)12(10(11)15)5-7(13)8-3-2-4-16-8/h2-4H,5-6H2,1H3. The van der Waals surface area contributed by atoms with Gasteiger partial charge < -0.3 is 4.90 Å². The Morgan fingerprint density at radius 2 is 2.25 bits per heavy atom. The molecule has 16 heavy (non-hydrogen) atoms. The number of carbonyl (C=O) groups excluding carboxylic acids is 3. The average molecular weight is 238 g/mol. The highest BCUT2D eigenvalue weighted by atomic mass is 32.1. The molecule has 84 valence electrons. The van der Waals surface area contributed by atoms with E-state index < -0.39 is 6.03 Å². The third kappa shape index (κ3) is 1.83. The van der Waals surface area contributed by atoms with Crippen LogP contribution in [0.2, 0.25) is 0 Å². The van der Waals surface area contributed by atoms with E-state index in [4.69, 9.17) is 0 Å². The Labute approximate surface area is 96.3 Å². The Morgan fingerprint density at radius 1 is 1.50 bits per heavy atom. The molecule has 6 heteroatoms. The van der Waals surface area contributed by atoms with Gasteiger partial charge in [-0.05, 0) is 11.4 Å². The van der Waals surface area contributed by atoms with Crippen molar-refractivity contribution in [2.45, 2.75) is 0 Å². The van der Waals surface area contributed by atoms with E-state index in [9.17, 15) is 14.4 Å². The van der Waals surface area contributed by atoms with Crippen LogP contribution in [0.15, 0.2) is 17.5 Å². The minimum Gasteiger partial charge on any atom is -0.318 e. The number of nitrogens with zero attached hydrogens (tertiary/aromatic N) is 2. The van der Waals surface area contributed by atoms with Crippen molar-refractivity contribution in [3.05, 3.63) is 22.4 Å². The fourth-order valence-electron chi connectivity index (χ4n) is 1.48. The van der Waals surface area contributed by atoms with E-state index in [1.54, 1.807) is 17.5 Å². The van der Waals surface area contributed by atoms with Gasteiger partial charge in [-0.15, -0.1) is 11.3 Å². The lowest BCUT2D eigenvalue weighted by atomic mass is 10.3. The summed E-state index contributed by atoms with van der Waals surface area (Å²) in [5.41, 5.74) is 0. The summed E-state index contributed by atoms with van der Waals surface area (Å²) in [6.45, 7) is -0.112. The highest BCUT2D eigenvalue weighted by Gasteiger charge is 2.34. The van der Waals surface area contributed by atoms with Gasteiger partial charge in [-0.25, -0.2) is 4.79 Å². The number of hydrogen-bond acceptors (Lipinski definition) is 4. The molecule has 5 nitrogen and oxygen atoms in total. The molecule has 0 radical (unpaired) electrons. The van der Waals surface area contributed by atoms with Gasteiger partial charge in [-0.2, -0.15) is 0 Å². The van der Waals surface area contributed by atoms with Crippen LogP contribution in [-0.2, 0) is 4.79 Å². The van der Waals surface area contributed by atoms with Crippen LogP contribution in [0.4, 0.5) is 4.79 Å².